The molecule has 4 nitrogen and oxygen atoms in total. The van der Waals surface area contributed by atoms with Gasteiger partial charge in [0.2, 0.25) is 0 Å². The van der Waals surface area contributed by atoms with Gasteiger partial charge >= 0.3 is 0 Å². The maximum atomic E-state index is 5.87. The monoisotopic (exact) mass is 402 g/mol. The molecule has 1 aliphatic rings. The Labute approximate surface area is 145 Å². The fourth-order valence-corrected chi connectivity index (χ4v) is 2.49. The maximum Gasteiger partial charge on any atom is 0.193 e. The number of nitrogens with one attached hydrogen (secondary N) is 1. The van der Waals surface area contributed by atoms with Crippen LogP contribution in [0.15, 0.2) is 35.3 Å². The van der Waals surface area contributed by atoms with Gasteiger partial charge in [0.1, 0.15) is 0 Å². The summed E-state index contributed by atoms with van der Waals surface area (Å²) in [7, 11) is 0. The lowest BCUT2D eigenvalue weighted by molar-refractivity contribution is 0.192. The Morgan fingerprint density at radius 3 is 2.62 bits per heavy atom. The highest BCUT2D eigenvalue weighted by Gasteiger charge is 2.14. The number of rotatable bonds is 5. The van der Waals surface area contributed by atoms with Crippen LogP contribution in [0.3, 0.4) is 0 Å². The summed E-state index contributed by atoms with van der Waals surface area (Å²) >= 11 is 0. The highest BCUT2D eigenvalue weighted by molar-refractivity contribution is 14.0. The van der Waals surface area contributed by atoms with E-state index >= 15 is 0 Å². The molecule has 1 heterocycles. The van der Waals surface area contributed by atoms with Crippen molar-refractivity contribution in [3.8, 4) is 0 Å². The third kappa shape index (κ3) is 7.13. The van der Waals surface area contributed by atoms with Gasteiger partial charge in [0, 0.05) is 12.2 Å². The van der Waals surface area contributed by atoms with Crippen molar-refractivity contribution in [1.82, 2.24) is 4.90 Å². The largest absolute Gasteiger partial charge is 0.370 e. The molecule has 5 heteroatoms. The van der Waals surface area contributed by atoms with E-state index in [4.69, 9.17) is 5.73 Å². The quantitative estimate of drug-likeness (QED) is 0.344. The van der Waals surface area contributed by atoms with Crippen LogP contribution in [0.5, 0.6) is 0 Å². The van der Waals surface area contributed by atoms with Gasteiger partial charge in [-0.25, -0.2) is 0 Å². The van der Waals surface area contributed by atoms with Gasteiger partial charge in [-0.1, -0.05) is 25.1 Å². The van der Waals surface area contributed by atoms with Gasteiger partial charge < -0.3 is 16.0 Å². The number of nitrogens with zero attached hydrogens (tertiary/aromatic N) is 2. The van der Waals surface area contributed by atoms with Crippen LogP contribution in [0.4, 0.5) is 5.69 Å². The smallest absolute Gasteiger partial charge is 0.193 e. The molecule has 0 aliphatic carbocycles. The molecule has 0 unspecified atom stereocenters. The Morgan fingerprint density at radius 1 is 1.29 bits per heavy atom. The molecule has 0 radical (unpaired) electrons. The molecule has 0 amide bonds. The summed E-state index contributed by atoms with van der Waals surface area (Å²) in [6.07, 6.45) is 3.74. The summed E-state index contributed by atoms with van der Waals surface area (Å²) in [6.45, 7) is 6.75. The van der Waals surface area contributed by atoms with Crippen LogP contribution in [0.1, 0.15) is 26.2 Å². The molecule has 21 heavy (non-hydrogen) atoms. The van der Waals surface area contributed by atoms with E-state index in [0.717, 1.165) is 31.1 Å². The molecular weight excluding hydrogens is 375 g/mol. The van der Waals surface area contributed by atoms with E-state index in [0.29, 0.717) is 5.96 Å². The fourth-order valence-electron chi connectivity index (χ4n) is 2.49. The summed E-state index contributed by atoms with van der Waals surface area (Å²) in [6, 6.07) is 9.91. The lowest BCUT2D eigenvalue weighted by Gasteiger charge is -2.29. The summed E-state index contributed by atoms with van der Waals surface area (Å²) in [5, 5.41) is 3.10. The normalized spacial score (nSPS) is 17.3. The highest BCUT2D eigenvalue weighted by atomic mass is 127. The van der Waals surface area contributed by atoms with Gasteiger partial charge in [0.05, 0.1) is 0 Å². The molecule has 0 saturated carbocycles. The van der Waals surface area contributed by atoms with E-state index in [2.05, 4.69) is 22.1 Å². The molecule has 1 aromatic rings. The van der Waals surface area contributed by atoms with Gasteiger partial charge in [-0.3, -0.25) is 4.99 Å². The third-order valence-electron chi connectivity index (χ3n) is 3.84. The molecule has 0 spiro atoms. The van der Waals surface area contributed by atoms with Crippen LogP contribution in [0, 0.1) is 5.92 Å². The van der Waals surface area contributed by atoms with Crippen molar-refractivity contribution in [3.63, 3.8) is 0 Å². The van der Waals surface area contributed by atoms with Crippen molar-refractivity contribution >= 4 is 35.6 Å². The van der Waals surface area contributed by atoms with Crippen molar-refractivity contribution < 1.29 is 0 Å². The van der Waals surface area contributed by atoms with Gasteiger partial charge in [0.25, 0.3) is 0 Å². The Balaban J connectivity index is 0.00000220. The molecule has 1 saturated heterocycles. The lowest BCUT2D eigenvalue weighted by atomic mass is 9.99. The van der Waals surface area contributed by atoms with Crippen molar-refractivity contribution in [1.29, 1.82) is 0 Å². The average molecular weight is 402 g/mol. The number of guanidine groups is 1. The summed E-state index contributed by atoms with van der Waals surface area (Å²) < 4.78 is 0. The Hall–Kier alpha value is -0.820. The second kappa shape index (κ2) is 10.00. The van der Waals surface area contributed by atoms with E-state index in [9.17, 15) is 0 Å². The summed E-state index contributed by atoms with van der Waals surface area (Å²) in [5.41, 5.74) is 6.85. The van der Waals surface area contributed by atoms with Crippen molar-refractivity contribution in [2.24, 2.45) is 16.6 Å². The number of aliphatic imine (C=N–C) groups is 1. The number of hydrogen-bond donors (Lipinski definition) is 2. The van der Waals surface area contributed by atoms with Crippen LogP contribution >= 0.6 is 24.0 Å². The first-order chi connectivity index (χ1) is 9.74. The number of nitrogens with two attached hydrogens (primary N) is 1. The van der Waals surface area contributed by atoms with E-state index in [1.54, 1.807) is 0 Å². The SMILES string of the molecule is CC1CCN(CCCN=C(N)Nc2ccccc2)CC1.I. The molecule has 0 bridgehead atoms. The summed E-state index contributed by atoms with van der Waals surface area (Å²) in [4.78, 5) is 6.91. The van der Waals surface area contributed by atoms with Crippen LogP contribution in [-0.4, -0.2) is 37.0 Å². The minimum atomic E-state index is 0. The minimum Gasteiger partial charge on any atom is -0.370 e. The van der Waals surface area contributed by atoms with E-state index in [1.165, 1.54) is 25.9 Å². The molecule has 0 aromatic heterocycles. The molecular formula is C16H27IN4. The van der Waals surface area contributed by atoms with Crippen LogP contribution in [0.25, 0.3) is 0 Å². The van der Waals surface area contributed by atoms with E-state index < -0.39 is 0 Å². The van der Waals surface area contributed by atoms with E-state index in [-0.39, 0.29) is 24.0 Å². The number of para-hydroxylation sites is 1. The molecule has 1 aromatic carbocycles. The zero-order valence-electron chi connectivity index (χ0n) is 12.8. The fraction of sp³-hybridized carbons (Fsp3) is 0.562. The number of benzene rings is 1. The Morgan fingerprint density at radius 2 is 1.95 bits per heavy atom. The molecule has 2 rings (SSSR count). The number of piperidine rings is 1. The first-order valence-electron chi connectivity index (χ1n) is 7.58. The van der Waals surface area contributed by atoms with Gasteiger partial charge in [0.15, 0.2) is 5.96 Å². The van der Waals surface area contributed by atoms with Crippen LogP contribution < -0.4 is 11.1 Å². The lowest BCUT2D eigenvalue weighted by Crippen LogP contribution is -2.34. The zero-order chi connectivity index (χ0) is 14.2. The highest BCUT2D eigenvalue weighted by Crippen LogP contribution is 2.15. The van der Waals surface area contributed by atoms with Crippen LogP contribution in [-0.2, 0) is 0 Å². The predicted octanol–water partition coefficient (Wildman–Crippen LogP) is 3.15. The molecule has 3 N–H and O–H groups in total. The average Bonchev–Trinajstić information content (AvgIpc) is 2.46. The van der Waals surface area contributed by atoms with Crippen molar-refractivity contribution in [3.05, 3.63) is 30.3 Å². The Bertz CT molecular complexity index is 414. The zero-order valence-corrected chi connectivity index (χ0v) is 15.1. The van der Waals surface area contributed by atoms with E-state index in [1.807, 2.05) is 30.3 Å². The standard InChI is InChI=1S/C16H26N4.HI/c1-14-8-12-20(13-9-14)11-5-10-18-16(17)19-15-6-3-2-4-7-15;/h2-4,6-7,14H,5,8-13H2,1H3,(H3,17,18,19);1H. The summed E-state index contributed by atoms with van der Waals surface area (Å²) in [5.74, 6) is 1.40. The molecule has 1 aliphatic heterocycles. The van der Waals surface area contributed by atoms with Gasteiger partial charge in [-0.15, -0.1) is 24.0 Å². The number of hydrogen-bond acceptors (Lipinski definition) is 2. The first kappa shape index (κ1) is 18.2. The predicted molar refractivity (Wildman–Crippen MR) is 101 cm³/mol. The number of anilines is 1. The second-order valence-corrected chi connectivity index (χ2v) is 5.64. The topological polar surface area (TPSA) is 53.6 Å². The van der Waals surface area contributed by atoms with Crippen LogP contribution in [0.2, 0.25) is 0 Å². The number of halogens is 1. The first-order valence-corrected chi connectivity index (χ1v) is 7.58. The minimum absolute atomic E-state index is 0. The van der Waals surface area contributed by atoms with Gasteiger partial charge in [-0.2, -0.15) is 0 Å². The van der Waals surface area contributed by atoms with Gasteiger partial charge in [-0.05, 0) is 56.9 Å². The second-order valence-electron chi connectivity index (χ2n) is 5.64. The molecule has 1 fully saturated rings. The van der Waals surface area contributed by atoms with Crippen molar-refractivity contribution in [2.45, 2.75) is 26.2 Å². The van der Waals surface area contributed by atoms with Crippen molar-refractivity contribution in [2.75, 3.05) is 31.5 Å². The third-order valence-corrected chi connectivity index (χ3v) is 3.84. The molecule has 0 atom stereocenters. The number of likely N-dealkylation sites (tertiary alicyclic amines) is 1. The Kier molecular flexibility index (Phi) is 8.68. The maximum absolute atomic E-state index is 5.87. The molecule has 118 valence electrons.